The largest absolute Gasteiger partial charge is 0.294 e. The van der Waals surface area contributed by atoms with Crippen LogP contribution in [0.15, 0.2) is 149 Å². The van der Waals surface area contributed by atoms with Gasteiger partial charge in [0.05, 0.1) is 26.5 Å². The Labute approximate surface area is 267 Å². The van der Waals surface area contributed by atoms with Gasteiger partial charge in [0.1, 0.15) is 5.82 Å². The van der Waals surface area contributed by atoms with Gasteiger partial charge in [0.15, 0.2) is 0 Å². The molecule has 9 rings (SSSR count). The van der Waals surface area contributed by atoms with E-state index in [4.69, 9.17) is 4.98 Å². The molecule has 1 aliphatic heterocycles. The fourth-order valence-corrected chi connectivity index (χ4v) is 8.88. The molecule has 0 spiro atoms. The molecule has 5 heteroatoms. The topological polar surface area (TPSA) is 52.0 Å². The molecule has 1 aromatic heterocycles. The van der Waals surface area contributed by atoms with Crippen molar-refractivity contribution in [2.45, 2.75) is 23.1 Å². The molecule has 1 aliphatic rings. The molecule has 0 radical (unpaired) electrons. The molecule has 0 atom stereocenters. The van der Waals surface area contributed by atoms with Crippen LogP contribution in [0.4, 0.5) is 0 Å². The van der Waals surface area contributed by atoms with Crippen molar-refractivity contribution < 1.29 is 8.42 Å². The maximum absolute atomic E-state index is 13.7. The van der Waals surface area contributed by atoms with Crippen molar-refractivity contribution in [2.75, 3.05) is 0 Å². The highest BCUT2D eigenvalue weighted by Gasteiger charge is 2.33. The highest BCUT2D eigenvalue weighted by molar-refractivity contribution is 7.92. The molecule has 8 aromatic rings. The van der Waals surface area contributed by atoms with Crippen LogP contribution in [0.3, 0.4) is 0 Å². The van der Waals surface area contributed by atoms with Crippen LogP contribution < -0.4 is 0 Å². The van der Waals surface area contributed by atoms with Crippen LogP contribution in [0.1, 0.15) is 12.7 Å². The van der Waals surface area contributed by atoms with E-state index in [0.717, 1.165) is 22.5 Å². The van der Waals surface area contributed by atoms with Gasteiger partial charge in [-0.3, -0.25) is 4.57 Å². The summed E-state index contributed by atoms with van der Waals surface area (Å²) < 4.78 is 29.5. The lowest BCUT2D eigenvalue weighted by atomic mass is 9.86. The van der Waals surface area contributed by atoms with Crippen LogP contribution in [-0.4, -0.2) is 18.0 Å². The molecule has 0 aliphatic carbocycles. The highest BCUT2D eigenvalue weighted by atomic mass is 32.2. The first-order valence-electron chi connectivity index (χ1n) is 15.5. The quantitative estimate of drug-likeness (QED) is 0.186. The van der Waals surface area contributed by atoms with Gasteiger partial charge in [0, 0.05) is 6.42 Å². The molecule has 7 aromatic carbocycles. The van der Waals surface area contributed by atoms with Crippen LogP contribution in [0, 0.1) is 0 Å². The lowest BCUT2D eigenvalue weighted by molar-refractivity contribution is 0.594. The Balaban J connectivity index is 1.21. The summed E-state index contributed by atoms with van der Waals surface area (Å²) >= 11 is 0. The summed E-state index contributed by atoms with van der Waals surface area (Å²) in [5.41, 5.74) is 8.80. The third-order valence-electron chi connectivity index (χ3n) is 9.30. The number of nitrogens with zero attached hydrogens (tertiary/aromatic N) is 2. The van der Waals surface area contributed by atoms with Crippen LogP contribution in [0.5, 0.6) is 0 Å². The number of fused-ring (bicyclic) bond motifs is 4. The zero-order valence-corrected chi connectivity index (χ0v) is 25.9. The Morgan fingerprint density at radius 2 is 1.09 bits per heavy atom. The van der Waals surface area contributed by atoms with Gasteiger partial charge < -0.3 is 0 Å². The Kier molecular flexibility index (Phi) is 5.83. The predicted molar refractivity (Wildman–Crippen MR) is 187 cm³/mol. The van der Waals surface area contributed by atoms with Crippen LogP contribution in [0.25, 0.3) is 71.6 Å². The van der Waals surface area contributed by atoms with Gasteiger partial charge in [-0.15, -0.1) is 0 Å². The minimum Gasteiger partial charge on any atom is -0.294 e. The maximum Gasteiger partial charge on any atom is 0.210 e. The van der Waals surface area contributed by atoms with E-state index in [1.54, 1.807) is 18.2 Å². The molecule has 0 saturated heterocycles. The lowest BCUT2D eigenvalue weighted by Crippen LogP contribution is -2.15. The summed E-state index contributed by atoms with van der Waals surface area (Å²) in [6, 6.07) is 47.6. The van der Waals surface area contributed by atoms with Crippen LogP contribution >= 0.6 is 0 Å². The molecule has 220 valence electrons. The van der Waals surface area contributed by atoms with Crippen molar-refractivity contribution in [2.24, 2.45) is 0 Å². The average Bonchev–Trinajstić information content (AvgIpc) is 3.49. The monoisotopic (exact) mass is 612 g/mol. The number of hydrogen-bond acceptors (Lipinski definition) is 3. The molecule has 0 unspecified atom stereocenters. The summed E-state index contributed by atoms with van der Waals surface area (Å²) in [5, 5.41) is 4.87. The number of benzene rings is 7. The Bertz CT molecular complexity index is 2560. The third kappa shape index (κ3) is 3.79. The number of para-hydroxylation sites is 1. The zero-order valence-electron chi connectivity index (χ0n) is 25.1. The van der Waals surface area contributed by atoms with E-state index < -0.39 is 9.84 Å². The molecule has 0 N–H and O–H groups in total. The van der Waals surface area contributed by atoms with Crippen molar-refractivity contribution >= 4 is 42.4 Å². The SMILES string of the molecule is CCc1nc2cccc3c2n1-c1cc(-c2ccc(-c4c5ccccc5c(-c5ccccc5)c5ccccc45)cc2)ccc1S3(=O)=O. The minimum absolute atomic E-state index is 0.317. The fourth-order valence-electron chi connectivity index (χ4n) is 7.26. The van der Waals surface area contributed by atoms with Crippen molar-refractivity contribution in [3.63, 3.8) is 0 Å². The second-order valence-electron chi connectivity index (χ2n) is 11.8. The number of aryl methyl sites for hydroxylation is 1. The van der Waals surface area contributed by atoms with Gasteiger partial charge in [-0.2, -0.15) is 0 Å². The summed E-state index contributed by atoms with van der Waals surface area (Å²) in [7, 11) is -3.67. The maximum atomic E-state index is 13.7. The minimum atomic E-state index is -3.67. The number of sulfone groups is 1. The van der Waals surface area contributed by atoms with Gasteiger partial charge in [0.25, 0.3) is 0 Å². The van der Waals surface area contributed by atoms with E-state index >= 15 is 0 Å². The molecule has 2 heterocycles. The number of rotatable bonds is 4. The summed E-state index contributed by atoms with van der Waals surface area (Å²) in [5.74, 6) is 0.851. The van der Waals surface area contributed by atoms with E-state index in [1.807, 2.05) is 22.8 Å². The summed E-state index contributed by atoms with van der Waals surface area (Å²) in [6.45, 7) is 2.05. The predicted octanol–water partition coefficient (Wildman–Crippen LogP) is 10.0. The van der Waals surface area contributed by atoms with Crippen molar-refractivity contribution in [1.82, 2.24) is 9.55 Å². The lowest BCUT2D eigenvalue weighted by Gasteiger charge is -2.21. The van der Waals surface area contributed by atoms with Gasteiger partial charge >= 0.3 is 0 Å². The van der Waals surface area contributed by atoms with Gasteiger partial charge in [-0.25, -0.2) is 13.4 Å². The molecular weight excluding hydrogens is 585 g/mol. The third-order valence-corrected chi connectivity index (χ3v) is 11.1. The molecule has 46 heavy (non-hydrogen) atoms. The second-order valence-corrected chi connectivity index (χ2v) is 13.7. The first kappa shape index (κ1) is 26.8. The van der Waals surface area contributed by atoms with Crippen LogP contribution in [0.2, 0.25) is 0 Å². The van der Waals surface area contributed by atoms with Crippen molar-refractivity contribution in [1.29, 1.82) is 0 Å². The van der Waals surface area contributed by atoms with Crippen LogP contribution in [-0.2, 0) is 16.3 Å². The van der Waals surface area contributed by atoms with E-state index in [-0.39, 0.29) is 0 Å². The standard InChI is InChI=1S/C41H28N2O2S/c1-2-38-42-34-17-10-18-37-41(34)43(38)35-25-29(23-24-36(35)46(37,44)45)26-19-21-28(22-20-26)40-32-15-8-6-13-30(32)39(27-11-4-3-5-12-27)31-14-7-9-16-33(31)40/h3-25H,2H2,1H3. The number of hydrogen-bond donors (Lipinski definition) is 0. The zero-order chi connectivity index (χ0) is 31.0. The van der Waals surface area contributed by atoms with Crippen molar-refractivity contribution in [3.05, 3.63) is 145 Å². The Morgan fingerprint density at radius 3 is 1.70 bits per heavy atom. The van der Waals surface area contributed by atoms with E-state index in [0.29, 0.717) is 32.9 Å². The second kappa shape index (κ2) is 9.99. The van der Waals surface area contributed by atoms with E-state index in [1.165, 1.54) is 38.2 Å². The van der Waals surface area contributed by atoms with E-state index in [9.17, 15) is 8.42 Å². The summed E-state index contributed by atoms with van der Waals surface area (Å²) in [4.78, 5) is 5.42. The normalized spacial score (nSPS) is 13.3. The van der Waals surface area contributed by atoms with Gasteiger partial charge in [0.2, 0.25) is 9.84 Å². The molecule has 0 bridgehead atoms. The Morgan fingerprint density at radius 1 is 0.543 bits per heavy atom. The summed E-state index contributed by atoms with van der Waals surface area (Å²) in [6.07, 6.45) is 0.692. The molecule has 0 fully saturated rings. The molecule has 0 amide bonds. The molecule has 0 saturated carbocycles. The van der Waals surface area contributed by atoms with Crippen molar-refractivity contribution in [3.8, 4) is 39.1 Å². The highest BCUT2D eigenvalue weighted by Crippen LogP contribution is 2.45. The number of imidazole rings is 1. The van der Waals surface area contributed by atoms with Gasteiger partial charge in [-0.1, -0.05) is 122 Å². The first-order chi connectivity index (χ1) is 22.5. The first-order valence-corrected chi connectivity index (χ1v) is 17.0. The number of aromatic nitrogens is 2. The smallest absolute Gasteiger partial charge is 0.210 e. The van der Waals surface area contributed by atoms with E-state index in [2.05, 4.69) is 110 Å². The van der Waals surface area contributed by atoms with Gasteiger partial charge in [-0.05, 0) is 79.2 Å². The average molecular weight is 613 g/mol. The Hall–Kier alpha value is -5.52. The fraction of sp³-hybridized carbons (Fsp3) is 0.0488. The molecule has 4 nitrogen and oxygen atoms in total. The molecular formula is C41H28N2O2S.